The van der Waals surface area contributed by atoms with E-state index in [1.165, 1.54) is 28.5 Å². The van der Waals surface area contributed by atoms with Gasteiger partial charge in [0, 0.05) is 11.1 Å². The molecule has 0 bridgehead atoms. The molecule has 0 atom stereocenters. The van der Waals surface area contributed by atoms with Crippen molar-refractivity contribution in [2.45, 2.75) is 35.0 Å². The fourth-order valence-electron chi connectivity index (χ4n) is 2.54. The summed E-state index contributed by atoms with van der Waals surface area (Å²) in [4.78, 5) is 0. The number of aryl methyl sites for hydroxylation is 1. The van der Waals surface area contributed by atoms with Gasteiger partial charge < -0.3 is 4.74 Å². The Balaban J connectivity index is 0.000000406. The Morgan fingerprint density at radius 2 is 1.07 bits per heavy atom. The van der Waals surface area contributed by atoms with Crippen molar-refractivity contribution in [3.8, 4) is 5.75 Å². The monoisotopic (exact) mass is 670 g/mol. The predicted octanol–water partition coefficient (Wildman–Crippen LogP) is 4.76. The molecule has 0 N–H and O–H groups in total. The Labute approximate surface area is 227 Å². The maximum absolute atomic E-state index is 12.0. The molecule has 7 nitrogen and oxygen atoms in total. The molecule has 0 amide bonds. The zero-order valence-electron chi connectivity index (χ0n) is 20.0. The first-order chi connectivity index (χ1) is 17.9. The SMILES string of the molecule is COc1ccc(C[SH+]Cc2ccccc2C)cc1.O=S(=O)([C-](S(=O)(=O)C(F)(F)F)S(=O)(=O)C(F)(F)F)C(F)(F)F. The molecule has 2 aromatic carbocycles. The highest BCUT2D eigenvalue weighted by atomic mass is 32.3. The first kappa shape index (κ1) is 35.8. The van der Waals surface area contributed by atoms with Crippen LogP contribution in [0.3, 0.4) is 0 Å². The lowest BCUT2D eigenvalue weighted by molar-refractivity contribution is -0.0471. The van der Waals surface area contributed by atoms with E-state index in [1.807, 2.05) is 12.1 Å². The van der Waals surface area contributed by atoms with Crippen LogP contribution >= 0.6 is 0 Å². The van der Waals surface area contributed by atoms with Crippen molar-refractivity contribution < 1.29 is 69.5 Å². The third-order valence-electron chi connectivity index (χ3n) is 4.57. The van der Waals surface area contributed by atoms with Crippen LogP contribution in [0, 0.1) is 10.8 Å². The zero-order valence-corrected chi connectivity index (χ0v) is 23.3. The van der Waals surface area contributed by atoms with Gasteiger partial charge in [-0.15, -0.1) is 0 Å². The average molecular weight is 671 g/mol. The minimum Gasteiger partial charge on any atom is -0.497 e. The highest BCUT2D eigenvalue weighted by molar-refractivity contribution is 8.29. The number of hydrogen-bond donors (Lipinski definition) is 0. The lowest BCUT2D eigenvalue weighted by atomic mass is 10.1. The Hall–Kier alpha value is -2.19. The largest absolute Gasteiger partial charge is 0.497 e. The molecule has 0 radical (unpaired) electrons. The summed E-state index contributed by atoms with van der Waals surface area (Å²) in [5, 5.41) is 0. The van der Waals surface area contributed by atoms with E-state index in [1.54, 1.807) is 7.11 Å². The Bertz CT molecular complexity index is 1360. The first-order valence-electron chi connectivity index (χ1n) is 10.0. The van der Waals surface area contributed by atoms with Crippen molar-refractivity contribution >= 4 is 41.3 Å². The van der Waals surface area contributed by atoms with Crippen LogP contribution in [0.5, 0.6) is 5.75 Å². The Morgan fingerprint density at radius 1 is 0.675 bits per heavy atom. The van der Waals surface area contributed by atoms with Crippen LogP contribution in [0.15, 0.2) is 48.5 Å². The van der Waals surface area contributed by atoms with Crippen LogP contribution in [0.2, 0.25) is 0 Å². The molecule has 0 heterocycles. The van der Waals surface area contributed by atoms with Gasteiger partial charge in [0.1, 0.15) is 17.3 Å². The first-order valence-corrected chi connectivity index (χ1v) is 15.7. The number of alkyl halides is 9. The van der Waals surface area contributed by atoms with Crippen molar-refractivity contribution in [1.29, 1.82) is 0 Å². The van der Waals surface area contributed by atoms with Gasteiger partial charge in [-0.25, -0.2) is 0 Å². The van der Waals surface area contributed by atoms with Crippen LogP contribution in [-0.4, -0.2) is 48.9 Å². The fraction of sp³-hybridized carbons (Fsp3) is 0.350. The van der Waals surface area contributed by atoms with Crippen molar-refractivity contribution in [3.63, 3.8) is 0 Å². The molecule has 0 saturated carbocycles. The zero-order chi connectivity index (χ0) is 31.4. The summed E-state index contributed by atoms with van der Waals surface area (Å²) in [5.74, 6) is 3.14. The number of halogens is 9. The highest BCUT2D eigenvalue weighted by Crippen LogP contribution is 2.47. The lowest BCUT2D eigenvalue weighted by Gasteiger charge is -2.31. The van der Waals surface area contributed by atoms with Gasteiger partial charge in [-0.1, -0.05) is 36.4 Å². The summed E-state index contributed by atoms with van der Waals surface area (Å²) in [5.41, 5.74) is -17.0. The number of rotatable bonds is 8. The average Bonchev–Trinajstić information content (AvgIpc) is 2.78. The number of benzene rings is 2. The topological polar surface area (TPSA) is 112 Å². The third kappa shape index (κ3) is 8.41. The van der Waals surface area contributed by atoms with Gasteiger partial charge in [-0.05, 0) is 36.4 Å². The predicted molar refractivity (Wildman–Crippen MR) is 129 cm³/mol. The maximum Gasteiger partial charge on any atom is 0.470 e. The van der Waals surface area contributed by atoms with Crippen molar-refractivity contribution in [2.75, 3.05) is 7.11 Å². The van der Waals surface area contributed by atoms with E-state index in [-0.39, 0.29) is 0 Å². The molecule has 0 saturated heterocycles. The van der Waals surface area contributed by atoms with E-state index in [2.05, 4.69) is 43.3 Å². The van der Waals surface area contributed by atoms with Crippen LogP contribution in [-0.2, 0) is 52.8 Å². The molecule has 40 heavy (non-hydrogen) atoms. The lowest BCUT2D eigenvalue weighted by Crippen LogP contribution is -2.47. The highest BCUT2D eigenvalue weighted by Gasteiger charge is 2.63. The number of ether oxygens (including phenoxy) is 1. The second kappa shape index (κ2) is 12.8. The maximum atomic E-state index is 12.0. The minimum atomic E-state index is -8.02. The Kier molecular flexibility index (Phi) is 11.4. The second-order valence-electron chi connectivity index (χ2n) is 7.41. The summed E-state index contributed by atoms with van der Waals surface area (Å²) in [6.45, 7) is 2.18. The molecule has 0 fully saturated rings. The van der Waals surface area contributed by atoms with E-state index < -0.39 is 50.0 Å². The Morgan fingerprint density at radius 3 is 1.43 bits per heavy atom. The van der Waals surface area contributed by atoms with Crippen LogP contribution in [0.4, 0.5) is 39.5 Å². The number of methoxy groups -OCH3 is 1. The van der Waals surface area contributed by atoms with E-state index >= 15 is 0 Å². The molecular formula is C20H19F9O7S4. The number of thiol groups is 1. The summed E-state index contributed by atoms with van der Waals surface area (Å²) < 4.78 is 173. The molecule has 0 aliphatic rings. The van der Waals surface area contributed by atoms with Crippen molar-refractivity contribution in [3.05, 3.63) is 69.1 Å². The van der Waals surface area contributed by atoms with E-state index in [0.717, 1.165) is 17.3 Å². The van der Waals surface area contributed by atoms with Gasteiger partial charge in [0.2, 0.25) is 0 Å². The van der Waals surface area contributed by atoms with E-state index in [4.69, 9.17) is 4.74 Å². The smallest absolute Gasteiger partial charge is 0.470 e. The second-order valence-corrected chi connectivity index (χ2v) is 14.9. The molecule has 0 aromatic heterocycles. The molecule has 0 unspecified atom stereocenters. The summed E-state index contributed by atoms with van der Waals surface area (Å²) in [6, 6.07) is 16.9. The van der Waals surface area contributed by atoms with Gasteiger partial charge in [0.05, 0.1) is 11.0 Å². The molecule has 228 valence electrons. The van der Waals surface area contributed by atoms with Gasteiger partial charge in [0.25, 0.3) is 0 Å². The van der Waals surface area contributed by atoms with Crippen LogP contribution in [0.25, 0.3) is 0 Å². The van der Waals surface area contributed by atoms with Crippen LogP contribution in [0.1, 0.15) is 16.7 Å². The summed E-state index contributed by atoms with van der Waals surface area (Å²) in [6.07, 6.45) is 0. The summed E-state index contributed by atoms with van der Waals surface area (Å²) >= 11 is 1.44. The van der Waals surface area contributed by atoms with E-state index in [0.29, 0.717) is 0 Å². The van der Waals surface area contributed by atoms with Gasteiger partial charge >= 0.3 is 16.5 Å². The molecular weight excluding hydrogens is 651 g/mol. The van der Waals surface area contributed by atoms with E-state index in [9.17, 15) is 64.8 Å². The molecule has 0 aliphatic carbocycles. The third-order valence-corrected chi connectivity index (χ3v) is 12.8. The summed E-state index contributed by atoms with van der Waals surface area (Å²) in [7, 11) is -22.4. The van der Waals surface area contributed by atoms with Crippen molar-refractivity contribution in [1.82, 2.24) is 0 Å². The standard InChI is InChI=1S/C16H18OS.C4F9O6S3/c1-13-5-3-4-6-15(13)12-18-11-14-7-9-16(17-2)10-8-14;5-2(6,7)20(14,15)1(21(16,17)3(8,9)10)22(18,19)4(11,12)13/h3-10H,11-12H2,1-2H3;/q;-1/p+1. The normalized spacial score (nSPS) is 13.5. The molecule has 0 spiro atoms. The minimum absolute atomic E-state index is 0.925. The molecule has 0 aliphatic heterocycles. The van der Waals surface area contributed by atoms with Gasteiger partial charge in [0.15, 0.2) is 29.5 Å². The van der Waals surface area contributed by atoms with Gasteiger partial charge in [-0.2, -0.15) is 39.5 Å². The number of sulfone groups is 3. The molecule has 20 heteroatoms. The molecule has 2 aromatic rings. The quantitative estimate of drug-likeness (QED) is 0.173. The van der Waals surface area contributed by atoms with Crippen molar-refractivity contribution in [2.24, 2.45) is 0 Å². The van der Waals surface area contributed by atoms with Gasteiger partial charge in [-0.3, -0.25) is 25.3 Å². The molecule has 2 rings (SSSR count). The fourth-order valence-corrected chi connectivity index (χ4v) is 9.45. The van der Waals surface area contributed by atoms with Crippen LogP contribution < -0.4 is 4.74 Å². The number of hydrogen-bond acceptors (Lipinski definition) is 7.